The first kappa shape index (κ1) is 86.6. The molecule has 0 spiro atoms. The second kappa shape index (κ2) is 37.3. The predicted octanol–water partition coefficient (Wildman–Crippen LogP) is 30.1. The Labute approximate surface area is 591 Å². The van der Waals surface area contributed by atoms with Crippen molar-refractivity contribution in [1.82, 2.24) is 0 Å². The van der Waals surface area contributed by atoms with E-state index < -0.39 is 52.8 Å². The van der Waals surface area contributed by atoms with Crippen LogP contribution in [-0.4, -0.2) is 0 Å². The Morgan fingerprint density at radius 3 is 0.837 bits per heavy atom. The van der Waals surface area contributed by atoms with E-state index in [2.05, 4.69) is 31.9 Å². The molecule has 504 valence electrons. The van der Waals surface area contributed by atoms with Crippen LogP contribution in [0.1, 0.15) is 94.6 Å². The molecule has 0 heterocycles. The van der Waals surface area contributed by atoms with E-state index in [1.54, 1.807) is 45.9 Å². The number of alkyl halides is 12. The molecule has 0 N–H and O–H groups in total. The molecule has 0 amide bonds. The molecule has 8 rings (SSSR count). The van der Waals surface area contributed by atoms with Gasteiger partial charge in [-0.05, 0) is 275 Å². The number of hydrogen-bond donors (Lipinski definition) is 0. The number of rotatable bonds is 0. The van der Waals surface area contributed by atoms with Gasteiger partial charge in [0.2, 0.25) is 0 Å². The van der Waals surface area contributed by atoms with Crippen molar-refractivity contribution in [1.29, 1.82) is 0 Å². The highest BCUT2D eigenvalue weighted by Crippen LogP contribution is 2.41. The molecule has 0 aliphatic carbocycles. The Morgan fingerprint density at radius 1 is 0.250 bits per heavy atom. The average molecular weight is 1640 g/mol. The number of aryl methyl sites for hydroxylation is 12. The van der Waals surface area contributed by atoms with E-state index in [0.717, 1.165) is 54.4 Å². The molecule has 8 aromatic carbocycles. The minimum Gasteiger partial charge on any atom is -0.207 e. The number of benzene rings is 8. The van der Waals surface area contributed by atoms with Crippen LogP contribution in [0, 0.1) is 107 Å². The maximum Gasteiger partial charge on any atom is 0.419 e. The molecule has 0 aliphatic rings. The zero-order chi connectivity index (χ0) is 71.8. The zero-order valence-corrected chi connectivity index (χ0v) is 61.2. The van der Waals surface area contributed by atoms with Gasteiger partial charge in [-0.3, -0.25) is 0 Å². The summed E-state index contributed by atoms with van der Waals surface area (Å²) in [6.07, 6.45) is -17.8. The van der Waals surface area contributed by atoms with Gasteiger partial charge in [-0.15, -0.1) is 0 Å². The third-order valence-electron chi connectivity index (χ3n) is 12.1. The Balaban J connectivity index is 0.000000527. The zero-order valence-electron chi connectivity index (χ0n) is 50.4. The van der Waals surface area contributed by atoms with Crippen molar-refractivity contribution in [2.24, 2.45) is 0 Å². The van der Waals surface area contributed by atoms with Gasteiger partial charge in [0.05, 0.1) is 27.3 Å². The van der Waals surface area contributed by atoms with Crippen molar-refractivity contribution in [3.05, 3.63) is 268 Å². The molecule has 0 saturated heterocycles. The van der Waals surface area contributed by atoms with Crippen LogP contribution in [0.15, 0.2) is 106 Å². The molecule has 0 aromatic heterocycles. The van der Waals surface area contributed by atoms with Crippen LogP contribution in [0.2, 0.25) is 50.2 Å². The van der Waals surface area contributed by atoms with Gasteiger partial charge < -0.3 is 0 Å². The average Bonchev–Trinajstić information content (AvgIpc) is 0.949. The second-order valence-corrected chi connectivity index (χ2v) is 25.9. The third kappa shape index (κ3) is 28.7. The van der Waals surface area contributed by atoms with Crippen LogP contribution in [-0.2, 0) is 24.7 Å². The predicted molar refractivity (Wildman–Crippen MR) is 358 cm³/mol. The van der Waals surface area contributed by atoms with Crippen LogP contribution in [0.3, 0.4) is 0 Å². The molecule has 92 heavy (non-hydrogen) atoms. The molecule has 0 nitrogen and oxygen atoms in total. The Morgan fingerprint density at radius 2 is 0.500 bits per heavy atom. The minimum atomic E-state index is -4.69. The number of hydrogen-bond acceptors (Lipinski definition) is 0. The lowest BCUT2D eigenvalue weighted by Crippen LogP contribution is -2.09. The second-order valence-electron chi connectivity index (χ2n) is 20.0. The fourth-order valence-electron chi connectivity index (χ4n) is 7.61. The first-order valence-corrected chi connectivity index (χ1v) is 31.2. The molecule has 0 bridgehead atoms. The lowest BCUT2D eigenvalue weighted by atomic mass is 10.0. The molecular formula is C65H55Br2Cl10F15. The van der Waals surface area contributed by atoms with Crippen molar-refractivity contribution in [3.8, 4) is 0 Å². The van der Waals surface area contributed by atoms with Crippen LogP contribution >= 0.6 is 148 Å². The smallest absolute Gasteiger partial charge is 0.207 e. The monoisotopic (exact) mass is 1630 g/mol. The van der Waals surface area contributed by atoms with Crippen LogP contribution in [0.25, 0.3) is 0 Å². The SMILES string of the molecule is Cc1cc(Cl)cc(C(F)(F)F)c1Br.Cc1cc(Cl)cc(C(F)(F)F)c1Cl.Cc1cc(Cl)cc(C(F)(F)F)c1F.Cc1cc(Cl)cc(C)c1Br.Cc1cc(Cl)cc(C)c1C(F)(F)F.Cc1cc(Cl)cc(C)c1Cl.Cc1cc(Cl)cc(C)c1F.Cc1cc(Cl)cc(F)c1C. The molecule has 0 saturated carbocycles. The summed E-state index contributed by atoms with van der Waals surface area (Å²) in [6.45, 7) is 22.0. The van der Waals surface area contributed by atoms with Gasteiger partial charge >= 0.3 is 24.7 Å². The molecule has 27 heteroatoms. The largest absolute Gasteiger partial charge is 0.419 e. The molecular weight excluding hydrogens is 1580 g/mol. The summed E-state index contributed by atoms with van der Waals surface area (Å²) >= 11 is 62.4. The summed E-state index contributed by atoms with van der Waals surface area (Å²) in [5.74, 6) is -1.66. The summed E-state index contributed by atoms with van der Waals surface area (Å²) < 4.78 is 187. The van der Waals surface area contributed by atoms with Crippen LogP contribution < -0.4 is 0 Å². The van der Waals surface area contributed by atoms with Gasteiger partial charge in [-0.2, -0.15) is 52.7 Å². The Bertz CT molecular complexity index is 3330. The van der Waals surface area contributed by atoms with Gasteiger partial charge in [-0.1, -0.05) is 132 Å². The maximum atomic E-state index is 12.9. The van der Waals surface area contributed by atoms with Gasteiger partial charge in [-0.25, -0.2) is 13.2 Å². The van der Waals surface area contributed by atoms with Gasteiger partial charge in [0.15, 0.2) is 0 Å². The van der Waals surface area contributed by atoms with Gasteiger partial charge in [0, 0.05) is 54.1 Å². The summed E-state index contributed by atoms with van der Waals surface area (Å²) in [6, 6.07) is 22.8. The third-order valence-corrected chi connectivity index (χ3v) is 17.3. The van der Waals surface area contributed by atoms with E-state index in [1.165, 1.54) is 69.2 Å². The van der Waals surface area contributed by atoms with Crippen molar-refractivity contribution in [3.63, 3.8) is 0 Å². The van der Waals surface area contributed by atoms with Crippen LogP contribution in [0.4, 0.5) is 65.9 Å². The molecule has 0 fully saturated rings. The summed E-state index contributed by atoms with van der Waals surface area (Å²) in [5.41, 5.74) is 4.68. The van der Waals surface area contributed by atoms with Crippen LogP contribution in [0.5, 0.6) is 0 Å². The van der Waals surface area contributed by atoms with Gasteiger partial charge in [0.1, 0.15) is 17.5 Å². The van der Waals surface area contributed by atoms with Gasteiger partial charge in [0.25, 0.3) is 0 Å². The lowest BCUT2D eigenvalue weighted by Gasteiger charge is -2.13. The van der Waals surface area contributed by atoms with E-state index in [-0.39, 0.29) is 52.9 Å². The first-order chi connectivity index (χ1) is 41.7. The highest BCUT2D eigenvalue weighted by Gasteiger charge is 2.37. The fraction of sp³-hybridized carbons (Fsp3) is 0.262. The van der Waals surface area contributed by atoms with Crippen molar-refractivity contribution < 1.29 is 65.9 Å². The van der Waals surface area contributed by atoms with E-state index in [1.807, 2.05) is 58.9 Å². The summed E-state index contributed by atoms with van der Waals surface area (Å²) in [5, 5.41) is 3.47. The van der Waals surface area contributed by atoms with Crippen molar-refractivity contribution in [2.75, 3.05) is 0 Å². The number of halogens is 27. The standard InChI is InChI=1S/C9H8ClF3.C8H5BrClF3.C8H8BrCl.C8H5Cl2F3.C8H8Cl2.C8H5ClF4.2C8H8ClF/c1-5-3-7(10)4-6(2)8(5)9(11,12)13;1-4-2-5(10)3-6(7(4)9)8(11,12)13;1-5-3-7(10)4-6(2)8(5)9;1-4-2-5(9)3-6(7(4)10)8(11,12)13;1-5-3-7(9)4-6(2)8(5)10;1-4-2-5(9)3-6(7(4)10)8(11,12)13;1-5-3-7(9)4-8(10)6(5)2;1-5-3-7(9)4-6(2)8(5)10/h3-4H,1-2H3;2-3H,1H3;3-4H,1-2H3;2-3H,1H3;3-4H,1-2H3;2-3H,1H3;2*3-4H,1-2H3. The van der Waals surface area contributed by atoms with Crippen molar-refractivity contribution >= 4 is 148 Å². The first-order valence-electron chi connectivity index (χ1n) is 25.8. The highest BCUT2D eigenvalue weighted by atomic mass is 79.9. The van der Waals surface area contributed by atoms with E-state index >= 15 is 0 Å². The fourth-order valence-corrected chi connectivity index (χ4v) is 11.0. The molecule has 0 unspecified atom stereocenters. The summed E-state index contributed by atoms with van der Waals surface area (Å²) in [4.78, 5) is 0. The lowest BCUT2D eigenvalue weighted by molar-refractivity contribution is -0.140. The van der Waals surface area contributed by atoms with E-state index in [0.29, 0.717) is 49.0 Å². The normalized spacial score (nSPS) is 11.0. The molecule has 0 aliphatic heterocycles. The Hall–Kier alpha value is -3.43. The quantitative estimate of drug-likeness (QED) is 0.133. The summed E-state index contributed by atoms with van der Waals surface area (Å²) in [7, 11) is 0. The minimum absolute atomic E-state index is 0.0363. The Kier molecular flexibility index (Phi) is 35.1. The van der Waals surface area contributed by atoms with E-state index in [9.17, 15) is 65.9 Å². The molecule has 0 radical (unpaired) electrons. The topological polar surface area (TPSA) is 0 Å². The highest BCUT2D eigenvalue weighted by molar-refractivity contribution is 9.11. The van der Waals surface area contributed by atoms with Crippen molar-refractivity contribution in [2.45, 2.75) is 115 Å². The van der Waals surface area contributed by atoms with E-state index in [4.69, 9.17) is 116 Å². The molecule has 0 atom stereocenters. The maximum absolute atomic E-state index is 12.9. The molecule has 8 aromatic rings.